The molecule has 4 nitrogen and oxygen atoms in total. The minimum Gasteiger partial charge on any atom is -0.298 e. The second kappa shape index (κ2) is 7.73. The summed E-state index contributed by atoms with van der Waals surface area (Å²) in [6.45, 7) is 1.88. The minimum absolute atomic E-state index is 0.00433. The van der Waals surface area contributed by atoms with E-state index in [1.165, 1.54) is 12.1 Å². The first-order chi connectivity index (χ1) is 11.0. The van der Waals surface area contributed by atoms with Crippen LogP contribution in [0.4, 0.5) is 0 Å². The molecule has 0 atom stereocenters. The highest BCUT2D eigenvalue weighted by Crippen LogP contribution is 2.13. The first-order valence-electron chi connectivity index (χ1n) is 7.01. The van der Waals surface area contributed by atoms with E-state index in [9.17, 15) is 13.2 Å². The molecule has 23 heavy (non-hydrogen) atoms. The highest BCUT2D eigenvalue weighted by molar-refractivity contribution is 7.86. The van der Waals surface area contributed by atoms with Gasteiger partial charge in [-0.05, 0) is 31.2 Å². The van der Waals surface area contributed by atoms with Gasteiger partial charge < -0.3 is 0 Å². The van der Waals surface area contributed by atoms with Gasteiger partial charge in [0.15, 0.2) is 0 Å². The summed E-state index contributed by atoms with van der Waals surface area (Å²) in [6.07, 6.45) is 1.06. The average Bonchev–Trinajstić information content (AvgIpc) is 2.55. The van der Waals surface area contributed by atoms with Crippen LogP contribution in [0.3, 0.4) is 0 Å². The molecule has 5 heteroatoms. The Hall–Kier alpha value is -2.42. The molecule has 0 amide bonds. The minimum atomic E-state index is -3.74. The van der Waals surface area contributed by atoms with Crippen molar-refractivity contribution in [1.82, 2.24) is 0 Å². The Balaban J connectivity index is 1.88. The number of hydrogen-bond donors (Lipinski definition) is 0. The van der Waals surface area contributed by atoms with E-state index in [1.807, 2.05) is 6.92 Å². The van der Waals surface area contributed by atoms with Crippen molar-refractivity contribution in [2.45, 2.75) is 18.2 Å². The summed E-state index contributed by atoms with van der Waals surface area (Å²) in [5.41, 5.74) is 2.33. The molecule has 0 aliphatic heterocycles. The summed E-state index contributed by atoms with van der Waals surface area (Å²) in [4.78, 5) is 10.7. The third-order valence-electron chi connectivity index (χ3n) is 3.05. The summed E-state index contributed by atoms with van der Waals surface area (Å²) < 4.78 is 28.8. The molecule has 0 unspecified atom stereocenters. The Morgan fingerprint density at radius 1 is 1.04 bits per heavy atom. The molecule has 0 radical (unpaired) electrons. The number of benzene rings is 2. The van der Waals surface area contributed by atoms with Crippen molar-refractivity contribution in [2.75, 3.05) is 6.61 Å². The first kappa shape index (κ1) is 16.9. The van der Waals surface area contributed by atoms with E-state index in [1.54, 1.807) is 36.4 Å². The second-order valence-electron chi connectivity index (χ2n) is 4.88. The molecule has 0 aliphatic carbocycles. The van der Waals surface area contributed by atoms with Gasteiger partial charge in [-0.2, -0.15) is 8.42 Å². The predicted octanol–water partition coefficient (Wildman–Crippen LogP) is 2.95. The highest BCUT2D eigenvalue weighted by Gasteiger charge is 2.13. The van der Waals surface area contributed by atoms with Gasteiger partial charge in [0.25, 0.3) is 10.1 Å². The van der Waals surface area contributed by atoms with E-state index in [0.717, 1.165) is 17.4 Å². The third-order valence-corrected chi connectivity index (χ3v) is 4.38. The van der Waals surface area contributed by atoms with Gasteiger partial charge in [-0.3, -0.25) is 8.98 Å². The predicted molar refractivity (Wildman–Crippen MR) is 87.6 cm³/mol. The van der Waals surface area contributed by atoms with Gasteiger partial charge >= 0.3 is 0 Å². The molecule has 2 aromatic carbocycles. The second-order valence-corrected chi connectivity index (χ2v) is 6.50. The van der Waals surface area contributed by atoms with Crippen LogP contribution in [0.25, 0.3) is 0 Å². The van der Waals surface area contributed by atoms with Gasteiger partial charge in [0.1, 0.15) is 6.29 Å². The van der Waals surface area contributed by atoms with Crippen molar-refractivity contribution < 1.29 is 17.4 Å². The largest absolute Gasteiger partial charge is 0.298 e. The topological polar surface area (TPSA) is 60.4 Å². The summed E-state index contributed by atoms with van der Waals surface area (Å²) in [5, 5.41) is 0. The maximum atomic E-state index is 11.9. The standard InChI is InChI=1S/C18H16O4S/c1-15-5-11-18(12-6-15)23(20,21)22-13-3-2-4-16-7-9-17(14-19)10-8-16/h5-12,14H,3,13H2,1H3. The molecule has 0 bridgehead atoms. The smallest absolute Gasteiger partial charge is 0.297 e. The molecular formula is C18H16O4S. The molecule has 0 aromatic heterocycles. The van der Waals surface area contributed by atoms with E-state index < -0.39 is 10.1 Å². The van der Waals surface area contributed by atoms with Crippen LogP contribution in [0.1, 0.15) is 27.9 Å². The lowest BCUT2D eigenvalue weighted by molar-refractivity contribution is 0.112. The SMILES string of the molecule is Cc1ccc(S(=O)(=O)OCCC#Cc2ccc(C=O)cc2)cc1. The lowest BCUT2D eigenvalue weighted by Gasteiger charge is -2.04. The molecular weight excluding hydrogens is 312 g/mol. The fourth-order valence-corrected chi connectivity index (χ4v) is 2.69. The number of carbonyl (C=O) groups excluding carboxylic acids is 1. The Morgan fingerprint density at radius 2 is 1.70 bits per heavy atom. The summed E-state index contributed by atoms with van der Waals surface area (Å²) >= 11 is 0. The van der Waals surface area contributed by atoms with E-state index in [4.69, 9.17) is 4.18 Å². The van der Waals surface area contributed by atoms with Gasteiger partial charge in [-0.1, -0.05) is 41.7 Å². The zero-order valence-electron chi connectivity index (χ0n) is 12.7. The summed E-state index contributed by atoms with van der Waals surface area (Å²) in [7, 11) is -3.74. The van der Waals surface area contributed by atoms with Crippen LogP contribution in [-0.2, 0) is 14.3 Å². The summed E-state index contributed by atoms with van der Waals surface area (Å²) in [6, 6.07) is 13.3. The number of rotatable bonds is 5. The van der Waals surface area contributed by atoms with E-state index >= 15 is 0 Å². The van der Waals surface area contributed by atoms with Crippen LogP contribution in [0.2, 0.25) is 0 Å². The Kier molecular flexibility index (Phi) is 5.69. The van der Waals surface area contributed by atoms with Crippen LogP contribution in [0.15, 0.2) is 53.4 Å². The highest BCUT2D eigenvalue weighted by atomic mass is 32.2. The van der Waals surface area contributed by atoms with Crippen molar-refractivity contribution in [3.8, 4) is 11.8 Å². The van der Waals surface area contributed by atoms with Crippen LogP contribution < -0.4 is 0 Å². The van der Waals surface area contributed by atoms with Gasteiger partial charge in [0.05, 0.1) is 11.5 Å². The quantitative estimate of drug-likeness (QED) is 0.366. The average molecular weight is 328 g/mol. The van der Waals surface area contributed by atoms with E-state index in [-0.39, 0.29) is 11.5 Å². The molecule has 0 fully saturated rings. The molecule has 2 aromatic rings. The molecule has 0 N–H and O–H groups in total. The fraction of sp³-hybridized carbons (Fsp3) is 0.167. The van der Waals surface area contributed by atoms with Crippen molar-refractivity contribution in [3.05, 3.63) is 65.2 Å². The van der Waals surface area contributed by atoms with Crippen molar-refractivity contribution in [2.24, 2.45) is 0 Å². The van der Waals surface area contributed by atoms with Crippen molar-refractivity contribution in [1.29, 1.82) is 0 Å². The normalized spacial score (nSPS) is 10.7. The lowest BCUT2D eigenvalue weighted by atomic mass is 10.1. The van der Waals surface area contributed by atoms with Gasteiger partial charge in [0, 0.05) is 17.5 Å². The van der Waals surface area contributed by atoms with Gasteiger partial charge in [-0.15, -0.1) is 0 Å². The Bertz CT molecular complexity index is 823. The molecule has 0 aliphatic rings. The van der Waals surface area contributed by atoms with E-state index in [0.29, 0.717) is 12.0 Å². The van der Waals surface area contributed by atoms with Crippen LogP contribution >= 0.6 is 0 Å². The van der Waals surface area contributed by atoms with Gasteiger partial charge in [0.2, 0.25) is 0 Å². The maximum absolute atomic E-state index is 11.9. The molecule has 0 heterocycles. The van der Waals surface area contributed by atoms with E-state index in [2.05, 4.69) is 11.8 Å². The van der Waals surface area contributed by atoms with Crippen LogP contribution in [-0.4, -0.2) is 21.3 Å². The maximum Gasteiger partial charge on any atom is 0.297 e. The fourth-order valence-electron chi connectivity index (χ4n) is 1.78. The van der Waals surface area contributed by atoms with Crippen molar-refractivity contribution in [3.63, 3.8) is 0 Å². The lowest BCUT2D eigenvalue weighted by Crippen LogP contribution is -2.07. The van der Waals surface area contributed by atoms with Crippen LogP contribution in [0, 0.1) is 18.8 Å². The molecule has 0 spiro atoms. The number of aryl methyl sites for hydroxylation is 1. The molecule has 0 saturated carbocycles. The number of carbonyl (C=O) groups is 1. The number of aldehydes is 1. The summed E-state index contributed by atoms with van der Waals surface area (Å²) in [5.74, 6) is 5.73. The van der Waals surface area contributed by atoms with Gasteiger partial charge in [-0.25, -0.2) is 0 Å². The number of hydrogen-bond acceptors (Lipinski definition) is 4. The Labute approximate surface area is 136 Å². The van der Waals surface area contributed by atoms with Crippen LogP contribution in [0.5, 0.6) is 0 Å². The zero-order valence-corrected chi connectivity index (χ0v) is 13.5. The molecule has 2 rings (SSSR count). The third kappa shape index (κ3) is 5.06. The monoisotopic (exact) mass is 328 g/mol. The zero-order chi connectivity index (χ0) is 16.7. The van der Waals surface area contributed by atoms with Crippen molar-refractivity contribution >= 4 is 16.4 Å². The Morgan fingerprint density at radius 3 is 2.30 bits per heavy atom. The molecule has 118 valence electrons. The first-order valence-corrected chi connectivity index (χ1v) is 8.42. The molecule has 0 saturated heterocycles.